The van der Waals surface area contributed by atoms with Crippen molar-refractivity contribution in [3.8, 4) is 0 Å². The highest BCUT2D eigenvalue weighted by molar-refractivity contribution is 9.13. The molecule has 1 heterocycles. The molecule has 1 unspecified atom stereocenters. The molecular weight excluding hydrogens is 348 g/mol. The molecule has 17 heavy (non-hydrogen) atoms. The van der Waals surface area contributed by atoms with Gasteiger partial charge in [0.15, 0.2) is 0 Å². The van der Waals surface area contributed by atoms with Crippen molar-refractivity contribution in [2.75, 3.05) is 0 Å². The Balaban J connectivity index is 2.14. The third-order valence-corrected chi connectivity index (χ3v) is 4.40. The second kappa shape index (κ2) is 5.33. The summed E-state index contributed by atoms with van der Waals surface area (Å²) in [7, 11) is 1.87. The van der Waals surface area contributed by atoms with Crippen molar-refractivity contribution in [3.05, 3.63) is 50.7 Å². The van der Waals surface area contributed by atoms with Crippen LogP contribution in [-0.4, -0.2) is 14.9 Å². The molecule has 0 amide bonds. The quantitative estimate of drug-likeness (QED) is 0.913. The minimum absolute atomic E-state index is 0.511. The number of hydrogen-bond acceptors (Lipinski definition) is 2. The SMILES string of the molecule is Cn1cc(CC(O)c2ccc(Br)c(Br)c2)cn1. The zero-order valence-corrected chi connectivity index (χ0v) is 12.4. The molecule has 1 aromatic heterocycles. The van der Waals surface area contributed by atoms with Crippen molar-refractivity contribution in [2.24, 2.45) is 7.05 Å². The fraction of sp³-hybridized carbons (Fsp3) is 0.250. The van der Waals surface area contributed by atoms with Gasteiger partial charge in [-0.1, -0.05) is 6.07 Å². The highest BCUT2D eigenvalue weighted by Crippen LogP contribution is 2.27. The van der Waals surface area contributed by atoms with Crippen LogP contribution < -0.4 is 0 Å². The molecule has 0 aliphatic carbocycles. The molecule has 0 aliphatic rings. The Kier molecular flexibility index (Phi) is 4.01. The normalized spacial score (nSPS) is 12.7. The first kappa shape index (κ1) is 12.8. The van der Waals surface area contributed by atoms with Gasteiger partial charge in [0.2, 0.25) is 0 Å². The predicted molar refractivity (Wildman–Crippen MR) is 73.7 cm³/mol. The van der Waals surface area contributed by atoms with E-state index in [1.807, 2.05) is 31.4 Å². The number of aliphatic hydroxyl groups is 1. The van der Waals surface area contributed by atoms with Crippen LogP contribution in [0.2, 0.25) is 0 Å². The van der Waals surface area contributed by atoms with Gasteiger partial charge in [0.1, 0.15) is 0 Å². The first-order valence-corrected chi connectivity index (χ1v) is 6.75. The molecule has 2 rings (SSSR count). The van der Waals surface area contributed by atoms with E-state index >= 15 is 0 Å². The highest BCUT2D eigenvalue weighted by atomic mass is 79.9. The van der Waals surface area contributed by atoms with Gasteiger partial charge in [-0.15, -0.1) is 0 Å². The second-order valence-electron chi connectivity index (χ2n) is 3.92. The van der Waals surface area contributed by atoms with E-state index in [1.165, 1.54) is 0 Å². The number of aliphatic hydroxyl groups excluding tert-OH is 1. The standard InChI is InChI=1S/C12H12Br2N2O/c1-16-7-8(6-15-16)4-12(17)9-2-3-10(13)11(14)5-9/h2-3,5-7,12,17H,4H2,1H3. The molecule has 90 valence electrons. The molecule has 0 saturated carbocycles. The Morgan fingerprint density at radius 2 is 2.12 bits per heavy atom. The summed E-state index contributed by atoms with van der Waals surface area (Å²) in [5.41, 5.74) is 1.92. The topological polar surface area (TPSA) is 38.0 Å². The molecule has 0 aliphatic heterocycles. The second-order valence-corrected chi connectivity index (χ2v) is 5.62. The van der Waals surface area contributed by atoms with Crippen LogP contribution in [0.5, 0.6) is 0 Å². The van der Waals surface area contributed by atoms with Crippen molar-refractivity contribution in [1.29, 1.82) is 0 Å². The van der Waals surface area contributed by atoms with Crippen LogP contribution in [0.1, 0.15) is 17.2 Å². The molecule has 0 spiro atoms. The number of nitrogens with zero attached hydrogens (tertiary/aromatic N) is 2. The van der Waals surface area contributed by atoms with Gasteiger partial charge >= 0.3 is 0 Å². The first-order valence-electron chi connectivity index (χ1n) is 5.17. The van der Waals surface area contributed by atoms with E-state index in [2.05, 4.69) is 37.0 Å². The van der Waals surface area contributed by atoms with Gasteiger partial charge in [-0.05, 0) is 55.1 Å². The van der Waals surface area contributed by atoms with Crippen LogP contribution in [0.3, 0.4) is 0 Å². The van der Waals surface area contributed by atoms with Crippen LogP contribution in [0, 0.1) is 0 Å². The summed E-state index contributed by atoms with van der Waals surface area (Å²) in [6, 6.07) is 5.76. The predicted octanol–water partition coefficient (Wildman–Crippen LogP) is 3.22. The van der Waals surface area contributed by atoms with E-state index in [-0.39, 0.29) is 0 Å². The zero-order chi connectivity index (χ0) is 12.4. The average molecular weight is 360 g/mol. The maximum Gasteiger partial charge on any atom is 0.0831 e. The van der Waals surface area contributed by atoms with Crippen molar-refractivity contribution < 1.29 is 5.11 Å². The lowest BCUT2D eigenvalue weighted by molar-refractivity contribution is 0.178. The lowest BCUT2D eigenvalue weighted by atomic mass is 10.0. The molecule has 3 nitrogen and oxygen atoms in total. The van der Waals surface area contributed by atoms with Gasteiger partial charge in [0, 0.05) is 28.6 Å². The molecule has 0 radical (unpaired) electrons. The molecular formula is C12H12Br2N2O. The van der Waals surface area contributed by atoms with Crippen molar-refractivity contribution in [1.82, 2.24) is 9.78 Å². The van der Waals surface area contributed by atoms with Crippen LogP contribution in [0.4, 0.5) is 0 Å². The average Bonchev–Trinajstić information content (AvgIpc) is 2.68. The maximum atomic E-state index is 10.1. The third kappa shape index (κ3) is 3.18. The van der Waals surface area contributed by atoms with E-state index in [9.17, 15) is 5.11 Å². The van der Waals surface area contributed by atoms with Gasteiger partial charge in [0.25, 0.3) is 0 Å². The fourth-order valence-electron chi connectivity index (χ4n) is 1.64. The summed E-state index contributed by atoms with van der Waals surface area (Å²) in [4.78, 5) is 0. The van der Waals surface area contributed by atoms with Gasteiger partial charge < -0.3 is 5.11 Å². The number of hydrogen-bond donors (Lipinski definition) is 1. The molecule has 1 atom stereocenters. The number of rotatable bonds is 3. The van der Waals surface area contributed by atoms with Crippen LogP contribution in [-0.2, 0) is 13.5 Å². The molecule has 0 bridgehead atoms. The van der Waals surface area contributed by atoms with Crippen LogP contribution >= 0.6 is 31.9 Å². The van der Waals surface area contributed by atoms with Gasteiger partial charge in [-0.25, -0.2) is 0 Å². The molecule has 5 heteroatoms. The largest absolute Gasteiger partial charge is 0.388 e. The monoisotopic (exact) mass is 358 g/mol. The summed E-state index contributed by atoms with van der Waals surface area (Å²) < 4.78 is 3.66. The summed E-state index contributed by atoms with van der Waals surface area (Å²) in [6.45, 7) is 0. The van der Waals surface area contributed by atoms with Crippen LogP contribution in [0.25, 0.3) is 0 Å². The van der Waals surface area contributed by atoms with Crippen molar-refractivity contribution >= 4 is 31.9 Å². The summed E-state index contributed by atoms with van der Waals surface area (Å²) in [6.07, 6.45) is 3.75. The lowest BCUT2D eigenvalue weighted by Gasteiger charge is -2.10. The summed E-state index contributed by atoms with van der Waals surface area (Å²) in [5, 5.41) is 14.2. The van der Waals surface area contributed by atoms with E-state index in [4.69, 9.17) is 0 Å². The molecule has 0 saturated heterocycles. The number of halogens is 2. The number of aromatic nitrogens is 2. The number of benzene rings is 1. The third-order valence-electron chi connectivity index (χ3n) is 2.52. The number of aryl methyl sites for hydroxylation is 1. The van der Waals surface area contributed by atoms with E-state index < -0.39 is 6.10 Å². The highest BCUT2D eigenvalue weighted by Gasteiger charge is 2.11. The maximum absolute atomic E-state index is 10.1. The van der Waals surface area contributed by atoms with E-state index in [0.717, 1.165) is 20.1 Å². The van der Waals surface area contributed by atoms with Crippen molar-refractivity contribution in [3.63, 3.8) is 0 Å². The van der Waals surface area contributed by atoms with E-state index in [1.54, 1.807) is 10.9 Å². The molecule has 1 N–H and O–H groups in total. The van der Waals surface area contributed by atoms with Gasteiger partial charge in [-0.2, -0.15) is 5.10 Å². The van der Waals surface area contributed by atoms with Gasteiger partial charge in [-0.3, -0.25) is 4.68 Å². The zero-order valence-electron chi connectivity index (χ0n) is 9.27. The minimum Gasteiger partial charge on any atom is -0.388 e. The Morgan fingerprint density at radius 1 is 1.35 bits per heavy atom. The van der Waals surface area contributed by atoms with E-state index in [0.29, 0.717) is 6.42 Å². The fourth-order valence-corrected chi connectivity index (χ4v) is 2.28. The Morgan fingerprint density at radius 3 is 2.71 bits per heavy atom. The Hall–Kier alpha value is -0.650. The smallest absolute Gasteiger partial charge is 0.0831 e. The molecule has 2 aromatic rings. The Bertz CT molecular complexity index is 525. The van der Waals surface area contributed by atoms with Crippen LogP contribution in [0.15, 0.2) is 39.5 Å². The van der Waals surface area contributed by atoms with Gasteiger partial charge in [0.05, 0.1) is 12.3 Å². The van der Waals surface area contributed by atoms with Crippen molar-refractivity contribution in [2.45, 2.75) is 12.5 Å². The first-order chi connectivity index (χ1) is 8.06. The summed E-state index contributed by atoms with van der Waals surface area (Å²) in [5.74, 6) is 0. The Labute approximate surface area is 117 Å². The molecule has 0 fully saturated rings. The molecule has 1 aromatic carbocycles. The minimum atomic E-state index is -0.511. The summed E-state index contributed by atoms with van der Waals surface area (Å²) >= 11 is 6.84. The lowest BCUT2D eigenvalue weighted by Crippen LogP contribution is -2.01.